The largest absolute Gasteiger partial charge is 0.490 e. The molecule has 0 spiro atoms. The summed E-state index contributed by atoms with van der Waals surface area (Å²) in [6, 6.07) is 13.6. The molecular formula is C24H31NO4. The van der Waals surface area contributed by atoms with Crippen molar-refractivity contribution >= 4 is 5.91 Å². The van der Waals surface area contributed by atoms with Gasteiger partial charge in [-0.1, -0.05) is 30.3 Å². The second-order valence-corrected chi connectivity index (χ2v) is 7.37. The molecule has 0 atom stereocenters. The first-order valence-electron chi connectivity index (χ1n) is 10.4. The van der Waals surface area contributed by atoms with Gasteiger partial charge in [-0.05, 0) is 44.0 Å². The molecule has 5 heteroatoms. The van der Waals surface area contributed by atoms with E-state index < -0.39 is 0 Å². The Morgan fingerprint density at radius 1 is 1.00 bits per heavy atom. The molecule has 2 aromatic rings. The molecule has 2 aromatic carbocycles. The molecule has 1 fully saturated rings. The molecule has 1 amide bonds. The Morgan fingerprint density at radius 3 is 2.38 bits per heavy atom. The van der Waals surface area contributed by atoms with Crippen LogP contribution < -0.4 is 9.47 Å². The highest BCUT2D eigenvalue weighted by Crippen LogP contribution is 2.27. The number of nitrogens with zero attached hydrogens (tertiary/aromatic N) is 1. The van der Waals surface area contributed by atoms with Gasteiger partial charge in [-0.25, -0.2) is 0 Å². The zero-order chi connectivity index (χ0) is 20.6. The molecule has 1 aliphatic heterocycles. The molecule has 156 valence electrons. The molecule has 0 aliphatic carbocycles. The van der Waals surface area contributed by atoms with E-state index in [0.29, 0.717) is 44.2 Å². The minimum Gasteiger partial charge on any atom is -0.490 e. The molecule has 0 saturated carbocycles. The fourth-order valence-corrected chi connectivity index (χ4v) is 3.62. The summed E-state index contributed by atoms with van der Waals surface area (Å²) in [5.74, 6) is 1.61. The Balaban J connectivity index is 1.58. The second-order valence-electron chi connectivity index (χ2n) is 7.37. The predicted octanol–water partition coefficient (Wildman–Crippen LogP) is 4.40. The van der Waals surface area contributed by atoms with Crippen LogP contribution in [0.25, 0.3) is 0 Å². The SMILES string of the molecule is CCOCCOc1ccccc1C(=O)N1CCC(Oc2c(C)cccc2C)CC1. The molecule has 1 aliphatic rings. The fraction of sp³-hybridized carbons (Fsp3) is 0.458. The van der Waals surface area contributed by atoms with E-state index in [2.05, 4.69) is 26.0 Å². The zero-order valence-corrected chi connectivity index (χ0v) is 17.6. The summed E-state index contributed by atoms with van der Waals surface area (Å²) in [4.78, 5) is 15.0. The quantitative estimate of drug-likeness (QED) is 0.620. The molecule has 0 N–H and O–H groups in total. The van der Waals surface area contributed by atoms with Gasteiger partial charge in [0.15, 0.2) is 0 Å². The van der Waals surface area contributed by atoms with E-state index in [0.717, 1.165) is 29.7 Å². The van der Waals surface area contributed by atoms with Crippen LogP contribution in [-0.2, 0) is 4.74 Å². The van der Waals surface area contributed by atoms with Crippen LogP contribution in [-0.4, -0.2) is 49.8 Å². The summed E-state index contributed by atoms with van der Waals surface area (Å²) in [6.45, 7) is 9.06. The minimum atomic E-state index is 0.0162. The standard InChI is InChI=1S/C24H31NO4/c1-4-27-16-17-28-22-11-6-5-10-21(22)24(26)25-14-12-20(13-15-25)29-23-18(2)8-7-9-19(23)3/h5-11,20H,4,12-17H2,1-3H3. The molecular weight excluding hydrogens is 366 g/mol. The third-order valence-corrected chi connectivity index (χ3v) is 5.23. The van der Waals surface area contributed by atoms with Crippen LogP contribution in [0.2, 0.25) is 0 Å². The van der Waals surface area contributed by atoms with Crippen LogP contribution in [0.5, 0.6) is 11.5 Å². The molecule has 5 nitrogen and oxygen atoms in total. The Morgan fingerprint density at radius 2 is 1.69 bits per heavy atom. The number of para-hydroxylation sites is 2. The van der Waals surface area contributed by atoms with Crippen molar-refractivity contribution in [3.05, 3.63) is 59.2 Å². The average molecular weight is 398 g/mol. The van der Waals surface area contributed by atoms with Gasteiger partial charge in [0.25, 0.3) is 5.91 Å². The van der Waals surface area contributed by atoms with Crippen molar-refractivity contribution in [1.82, 2.24) is 4.90 Å². The number of hydrogen-bond acceptors (Lipinski definition) is 4. The van der Waals surface area contributed by atoms with Crippen LogP contribution in [0.1, 0.15) is 41.3 Å². The summed E-state index contributed by atoms with van der Waals surface area (Å²) >= 11 is 0. The van der Waals surface area contributed by atoms with Gasteiger partial charge in [-0.2, -0.15) is 0 Å². The Bertz CT molecular complexity index is 792. The van der Waals surface area contributed by atoms with Crippen molar-refractivity contribution in [2.45, 2.75) is 39.7 Å². The van der Waals surface area contributed by atoms with E-state index in [1.165, 1.54) is 0 Å². The van der Waals surface area contributed by atoms with Gasteiger partial charge < -0.3 is 19.1 Å². The minimum absolute atomic E-state index is 0.0162. The number of piperidine rings is 1. The van der Waals surface area contributed by atoms with E-state index in [4.69, 9.17) is 14.2 Å². The van der Waals surface area contributed by atoms with Crippen LogP contribution in [0, 0.1) is 13.8 Å². The topological polar surface area (TPSA) is 48.0 Å². The predicted molar refractivity (Wildman–Crippen MR) is 114 cm³/mol. The third-order valence-electron chi connectivity index (χ3n) is 5.23. The Labute approximate surface area is 173 Å². The lowest BCUT2D eigenvalue weighted by Gasteiger charge is -2.33. The molecule has 0 unspecified atom stereocenters. The summed E-state index contributed by atoms with van der Waals surface area (Å²) in [7, 11) is 0. The zero-order valence-electron chi connectivity index (χ0n) is 17.6. The lowest BCUT2D eigenvalue weighted by atomic mass is 10.0. The number of carbonyl (C=O) groups excluding carboxylic acids is 1. The van der Waals surface area contributed by atoms with Gasteiger partial charge >= 0.3 is 0 Å². The van der Waals surface area contributed by atoms with E-state index >= 15 is 0 Å². The van der Waals surface area contributed by atoms with Crippen LogP contribution >= 0.6 is 0 Å². The maximum atomic E-state index is 13.1. The van der Waals surface area contributed by atoms with Crippen LogP contribution in [0.3, 0.4) is 0 Å². The summed E-state index contributed by atoms with van der Waals surface area (Å²) in [5, 5.41) is 0. The molecule has 1 saturated heterocycles. The van der Waals surface area contributed by atoms with Crippen molar-refractivity contribution < 1.29 is 19.0 Å². The van der Waals surface area contributed by atoms with Crippen molar-refractivity contribution in [3.63, 3.8) is 0 Å². The first-order chi connectivity index (χ1) is 14.1. The van der Waals surface area contributed by atoms with Crippen molar-refractivity contribution in [2.75, 3.05) is 32.9 Å². The first kappa shape index (κ1) is 21.2. The Hall–Kier alpha value is -2.53. The van der Waals surface area contributed by atoms with Crippen molar-refractivity contribution in [2.24, 2.45) is 0 Å². The maximum absolute atomic E-state index is 13.1. The lowest BCUT2D eigenvalue weighted by molar-refractivity contribution is 0.0586. The average Bonchev–Trinajstić information content (AvgIpc) is 2.74. The fourth-order valence-electron chi connectivity index (χ4n) is 3.62. The van der Waals surface area contributed by atoms with E-state index in [1.54, 1.807) is 0 Å². The smallest absolute Gasteiger partial charge is 0.257 e. The first-order valence-corrected chi connectivity index (χ1v) is 10.4. The van der Waals surface area contributed by atoms with E-state index in [9.17, 15) is 4.79 Å². The molecule has 0 bridgehead atoms. The van der Waals surface area contributed by atoms with Gasteiger partial charge in [-0.3, -0.25) is 4.79 Å². The van der Waals surface area contributed by atoms with Gasteiger partial charge in [0.05, 0.1) is 12.2 Å². The van der Waals surface area contributed by atoms with Gasteiger partial charge in [0, 0.05) is 32.5 Å². The summed E-state index contributed by atoms with van der Waals surface area (Å²) in [6.07, 6.45) is 1.79. The van der Waals surface area contributed by atoms with Gasteiger partial charge in [0.1, 0.15) is 24.2 Å². The van der Waals surface area contributed by atoms with E-state index in [-0.39, 0.29) is 12.0 Å². The number of likely N-dealkylation sites (tertiary alicyclic amines) is 1. The van der Waals surface area contributed by atoms with Gasteiger partial charge in [0.2, 0.25) is 0 Å². The lowest BCUT2D eigenvalue weighted by Crippen LogP contribution is -2.42. The number of carbonyl (C=O) groups is 1. The molecule has 0 radical (unpaired) electrons. The van der Waals surface area contributed by atoms with E-state index in [1.807, 2.05) is 42.2 Å². The normalized spacial score (nSPS) is 14.7. The number of aryl methyl sites for hydroxylation is 2. The summed E-state index contributed by atoms with van der Waals surface area (Å²) < 4.78 is 17.4. The van der Waals surface area contributed by atoms with Crippen molar-refractivity contribution in [3.8, 4) is 11.5 Å². The third kappa shape index (κ3) is 5.51. The number of hydrogen-bond donors (Lipinski definition) is 0. The van der Waals surface area contributed by atoms with Gasteiger partial charge in [-0.15, -0.1) is 0 Å². The molecule has 29 heavy (non-hydrogen) atoms. The number of rotatable bonds is 8. The maximum Gasteiger partial charge on any atom is 0.257 e. The second kappa shape index (κ2) is 10.3. The molecule has 1 heterocycles. The Kier molecular flexibility index (Phi) is 7.53. The summed E-state index contributed by atoms with van der Waals surface area (Å²) in [5.41, 5.74) is 2.92. The number of amides is 1. The molecule has 0 aromatic heterocycles. The number of ether oxygens (including phenoxy) is 3. The highest BCUT2D eigenvalue weighted by molar-refractivity contribution is 5.97. The monoisotopic (exact) mass is 397 g/mol. The van der Waals surface area contributed by atoms with Crippen LogP contribution in [0.15, 0.2) is 42.5 Å². The highest BCUT2D eigenvalue weighted by Gasteiger charge is 2.26. The molecule has 3 rings (SSSR count). The number of benzene rings is 2. The van der Waals surface area contributed by atoms with Crippen LogP contribution in [0.4, 0.5) is 0 Å². The highest BCUT2D eigenvalue weighted by atomic mass is 16.5. The van der Waals surface area contributed by atoms with Crippen molar-refractivity contribution in [1.29, 1.82) is 0 Å².